The van der Waals surface area contributed by atoms with E-state index in [1.165, 1.54) is 7.11 Å². The largest absolute Gasteiger partial charge is 0.495 e. The molecule has 0 bridgehead atoms. The summed E-state index contributed by atoms with van der Waals surface area (Å²) in [6.45, 7) is 0. The van der Waals surface area contributed by atoms with E-state index in [1.54, 1.807) is 24.3 Å². The minimum atomic E-state index is -3.40. The highest BCUT2D eigenvalue weighted by Gasteiger charge is 2.19. The van der Waals surface area contributed by atoms with Crippen LogP contribution < -0.4 is 15.6 Å². The van der Waals surface area contributed by atoms with Crippen LogP contribution in [0.5, 0.6) is 5.75 Å². The van der Waals surface area contributed by atoms with Crippen molar-refractivity contribution >= 4 is 21.8 Å². The van der Waals surface area contributed by atoms with Crippen molar-refractivity contribution in [3.63, 3.8) is 0 Å². The number of hydrogen-bond donors (Lipinski definition) is 2. The first kappa shape index (κ1) is 15.5. The Kier molecular flexibility index (Phi) is 4.64. The Balaban J connectivity index is 2.30. The molecule has 0 radical (unpaired) electrons. The molecule has 114 valence electrons. The van der Waals surface area contributed by atoms with Crippen molar-refractivity contribution in [1.29, 1.82) is 0 Å². The predicted octanol–water partition coefficient (Wildman–Crippen LogP) is 0.895. The van der Waals surface area contributed by atoms with Crippen LogP contribution in [0.3, 0.4) is 0 Å². The van der Waals surface area contributed by atoms with Crippen molar-refractivity contribution in [2.24, 2.45) is 0 Å². The number of nitrogens with one attached hydrogen (secondary N) is 2. The number of ether oxygens (including phenoxy) is 1. The van der Waals surface area contributed by atoms with Crippen LogP contribution in [0.2, 0.25) is 0 Å². The van der Waals surface area contributed by atoms with E-state index in [0.29, 0.717) is 24.2 Å². The lowest BCUT2D eigenvalue weighted by atomic mass is 10.1. The molecule has 1 aliphatic heterocycles. The molecule has 1 fully saturated rings. The summed E-state index contributed by atoms with van der Waals surface area (Å²) in [7, 11) is -1.96. The molecule has 0 spiro atoms. The average molecular weight is 310 g/mol. The van der Waals surface area contributed by atoms with E-state index in [-0.39, 0.29) is 16.8 Å². The molecule has 0 aromatic heterocycles. The van der Waals surface area contributed by atoms with Gasteiger partial charge in [0, 0.05) is 18.7 Å². The van der Waals surface area contributed by atoms with Crippen LogP contribution >= 0.6 is 0 Å². The zero-order chi connectivity index (χ0) is 15.5. The van der Waals surface area contributed by atoms with E-state index >= 15 is 0 Å². The zero-order valence-corrected chi connectivity index (χ0v) is 12.7. The maximum atomic E-state index is 11.9. The Morgan fingerprint density at radius 3 is 2.71 bits per heavy atom. The van der Waals surface area contributed by atoms with Crippen molar-refractivity contribution in [1.82, 2.24) is 10.9 Å². The molecule has 1 aliphatic rings. The molecule has 1 aromatic carbocycles. The van der Waals surface area contributed by atoms with E-state index in [4.69, 9.17) is 4.74 Å². The molecule has 2 rings (SSSR count). The molecule has 1 saturated heterocycles. The summed E-state index contributed by atoms with van der Waals surface area (Å²) >= 11 is 0. The van der Waals surface area contributed by atoms with Crippen molar-refractivity contribution in [2.45, 2.75) is 23.8 Å². The Morgan fingerprint density at radius 2 is 2.14 bits per heavy atom. The van der Waals surface area contributed by atoms with Gasteiger partial charge in [-0.3, -0.25) is 10.2 Å². The molecule has 0 saturated carbocycles. The van der Waals surface area contributed by atoms with Gasteiger partial charge in [0.2, 0.25) is 5.91 Å². The minimum Gasteiger partial charge on any atom is -0.495 e. The van der Waals surface area contributed by atoms with Crippen LogP contribution in [0.15, 0.2) is 29.2 Å². The lowest BCUT2D eigenvalue weighted by Gasteiger charge is -2.21. The first-order chi connectivity index (χ1) is 9.91. The summed E-state index contributed by atoms with van der Waals surface area (Å²) in [6.07, 6.45) is 5.83. The summed E-state index contributed by atoms with van der Waals surface area (Å²) in [4.78, 5) is 11.2. The van der Waals surface area contributed by atoms with E-state index in [9.17, 15) is 13.2 Å². The van der Waals surface area contributed by atoms with Gasteiger partial charge in [-0.2, -0.15) is 0 Å². The lowest BCUT2D eigenvalue weighted by Crippen LogP contribution is -2.48. The number of sulfone groups is 1. The first-order valence-electron chi connectivity index (χ1n) is 6.51. The highest BCUT2D eigenvalue weighted by Crippen LogP contribution is 2.28. The normalized spacial score (nSPS) is 19.5. The van der Waals surface area contributed by atoms with Crippen LogP contribution in [0.25, 0.3) is 6.08 Å². The maximum Gasteiger partial charge on any atom is 0.234 e. The van der Waals surface area contributed by atoms with Crippen LogP contribution in [0.1, 0.15) is 18.4 Å². The summed E-state index contributed by atoms with van der Waals surface area (Å²) in [6, 6.07) is 5.05. The zero-order valence-electron chi connectivity index (χ0n) is 11.9. The lowest BCUT2D eigenvalue weighted by molar-refractivity contribution is -0.123. The van der Waals surface area contributed by atoms with Crippen LogP contribution in [-0.4, -0.2) is 33.7 Å². The molecular formula is C14H18N2O4S. The molecule has 2 N–H and O–H groups in total. The summed E-state index contributed by atoms with van der Waals surface area (Å²) in [5.41, 5.74) is 5.98. The van der Waals surface area contributed by atoms with Crippen molar-refractivity contribution in [3.05, 3.63) is 29.8 Å². The van der Waals surface area contributed by atoms with Crippen LogP contribution in [0, 0.1) is 0 Å². The third-order valence-electron chi connectivity index (χ3n) is 3.19. The molecule has 21 heavy (non-hydrogen) atoms. The summed E-state index contributed by atoms with van der Waals surface area (Å²) in [5, 5.41) is 0. The van der Waals surface area contributed by atoms with Gasteiger partial charge in [-0.1, -0.05) is 24.3 Å². The molecule has 1 heterocycles. The van der Waals surface area contributed by atoms with Gasteiger partial charge in [-0.25, -0.2) is 13.8 Å². The van der Waals surface area contributed by atoms with Gasteiger partial charge in [0.05, 0.1) is 7.11 Å². The topological polar surface area (TPSA) is 84.5 Å². The van der Waals surface area contributed by atoms with E-state index < -0.39 is 9.84 Å². The minimum absolute atomic E-state index is 0.0266. The molecule has 1 amide bonds. The van der Waals surface area contributed by atoms with Crippen LogP contribution in [-0.2, 0) is 14.6 Å². The molecule has 7 heteroatoms. The van der Waals surface area contributed by atoms with E-state index in [2.05, 4.69) is 10.9 Å². The SMILES string of the molecule is COc1cccc(/C=C/C2CCC(=O)NN2)c1S(C)(=O)=O. The standard InChI is InChI=1S/C14H18N2O4S/c1-20-12-5-3-4-10(14(12)21(2,18)19)6-7-11-8-9-13(17)16-15-11/h3-7,11,15H,8-9H2,1-2H3,(H,16,17)/b7-6+. The molecule has 0 aliphatic carbocycles. The van der Waals surface area contributed by atoms with Crippen LogP contribution in [0.4, 0.5) is 0 Å². The van der Waals surface area contributed by atoms with Gasteiger partial charge in [-0.15, -0.1) is 0 Å². The summed E-state index contributed by atoms with van der Waals surface area (Å²) < 4.78 is 29.0. The Labute approximate surface area is 124 Å². The smallest absolute Gasteiger partial charge is 0.234 e. The van der Waals surface area contributed by atoms with Gasteiger partial charge in [-0.05, 0) is 18.1 Å². The fraction of sp³-hybridized carbons (Fsp3) is 0.357. The fourth-order valence-corrected chi connectivity index (χ4v) is 3.26. The Bertz CT molecular complexity index is 658. The van der Waals surface area contributed by atoms with Crippen molar-refractivity contribution in [2.75, 3.05) is 13.4 Å². The summed E-state index contributed by atoms with van der Waals surface area (Å²) in [5.74, 6) is 0.280. The number of carbonyl (C=O) groups is 1. The van der Waals surface area contributed by atoms with Gasteiger partial charge in [0.25, 0.3) is 0 Å². The molecule has 1 aromatic rings. The predicted molar refractivity (Wildman–Crippen MR) is 79.4 cm³/mol. The van der Waals surface area contributed by atoms with Gasteiger partial charge in [0.1, 0.15) is 10.6 Å². The first-order valence-corrected chi connectivity index (χ1v) is 8.40. The number of carbonyl (C=O) groups excluding carboxylic acids is 1. The molecular weight excluding hydrogens is 292 g/mol. The average Bonchev–Trinajstić information content (AvgIpc) is 2.45. The second kappa shape index (κ2) is 6.28. The second-order valence-electron chi connectivity index (χ2n) is 4.85. The third-order valence-corrected chi connectivity index (χ3v) is 4.37. The number of amides is 1. The molecule has 1 atom stereocenters. The van der Waals surface area contributed by atoms with Gasteiger partial charge >= 0.3 is 0 Å². The molecule has 1 unspecified atom stereocenters. The Hall–Kier alpha value is -1.86. The van der Waals surface area contributed by atoms with E-state index in [1.807, 2.05) is 6.08 Å². The quantitative estimate of drug-likeness (QED) is 0.863. The highest BCUT2D eigenvalue weighted by molar-refractivity contribution is 7.90. The van der Waals surface area contributed by atoms with E-state index in [0.717, 1.165) is 6.26 Å². The number of methoxy groups -OCH3 is 1. The Morgan fingerprint density at radius 1 is 1.38 bits per heavy atom. The maximum absolute atomic E-state index is 11.9. The number of hydrazine groups is 1. The second-order valence-corrected chi connectivity index (χ2v) is 6.80. The number of rotatable bonds is 4. The monoisotopic (exact) mass is 310 g/mol. The fourth-order valence-electron chi connectivity index (χ4n) is 2.18. The van der Waals surface area contributed by atoms with Crippen molar-refractivity contribution in [3.8, 4) is 5.75 Å². The highest BCUT2D eigenvalue weighted by atomic mass is 32.2. The number of benzene rings is 1. The van der Waals surface area contributed by atoms with Crippen molar-refractivity contribution < 1.29 is 17.9 Å². The van der Waals surface area contributed by atoms with Gasteiger partial charge < -0.3 is 4.74 Å². The third kappa shape index (κ3) is 3.83. The van der Waals surface area contributed by atoms with Gasteiger partial charge in [0.15, 0.2) is 9.84 Å². The molecule has 6 nitrogen and oxygen atoms in total. The number of hydrogen-bond acceptors (Lipinski definition) is 5.